The molecule has 0 unspecified atom stereocenters. The van der Waals surface area contributed by atoms with Crippen molar-refractivity contribution in [1.82, 2.24) is 10.3 Å². The number of rotatable bonds is 5. The van der Waals surface area contributed by atoms with Crippen molar-refractivity contribution >= 4 is 5.96 Å². The largest absolute Gasteiger partial charge is 0.472 e. The van der Waals surface area contributed by atoms with Crippen molar-refractivity contribution in [2.45, 2.75) is 39.3 Å². The van der Waals surface area contributed by atoms with Gasteiger partial charge in [0.15, 0.2) is 12.6 Å². The van der Waals surface area contributed by atoms with Gasteiger partial charge >= 0.3 is 0 Å². The number of guanidine groups is 1. The third-order valence-electron chi connectivity index (χ3n) is 2.09. The van der Waals surface area contributed by atoms with E-state index in [0.717, 1.165) is 5.56 Å². The third kappa shape index (κ3) is 6.86. The predicted molar refractivity (Wildman–Crippen MR) is 74.0 cm³/mol. The summed E-state index contributed by atoms with van der Waals surface area (Å²) in [5, 5.41) is 3.03. The lowest BCUT2D eigenvalue weighted by atomic mass is 10.1. The molecule has 1 aromatic heterocycles. The van der Waals surface area contributed by atoms with Gasteiger partial charge in [0.25, 0.3) is 6.43 Å². The van der Waals surface area contributed by atoms with Crippen LogP contribution in [0.25, 0.3) is 0 Å². The van der Waals surface area contributed by atoms with Crippen LogP contribution < -0.4 is 15.8 Å². The van der Waals surface area contributed by atoms with Gasteiger partial charge in [-0.15, -0.1) is 0 Å². The number of ether oxygens (including phenoxy) is 1. The number of hydrogen-bond acceptors (Lipinski definition) is 3. The molecule has 112 valence electrons. The lowest BCUT2D eigenvalue weighted by Crippen LogP contribution is -2.44. The monoisotopic (exact) mass is 286 g/mol. The average Bonchev–Trinajstić information content (AvgIpc) is 2.32. The Hall–Kier alpha value is -1.92. The van der Waals surface area contributed by atoms with Crippen LogP contribution in [0, 0.1) is 0 Å². The molecule has 7 heteroatoms. The Morgan fingerprint density at radius 2 is 2.20 bits per heavy atom. The number of alkyl halides is 2. The van der Waals surface area contributed by atoms with Gasteiger partial charge in [0, 0.05) is 17.8 Å². The van der Waals surface area contributed by atoms with Crippen LogP contribution in [-0.2, 0) is 6.54 Å². The van der Waals surface area contributed by atoms with Crippen molar-refractivity contribution in [2.24, 2.45) is 10.7 Å². The number of nitrogens with zero attached hydrogens (tertiary/aromatic N) is 2. The maximum Gasteiger partial charge on any atom is 0.272 e. The van der Waals surface area contributed by atoms with E-state index in [0.29, 0.717) is 12.5 Å². The standard InChI is InChI=1S/C13H20F2N4O/c1-13(2,3)19-12(16)18-7-9-4-5-17-11(6-9)20-8-10(14)15/h4-6,10H,7-8H2,1-3H3,(H3,16,18,19). The van der Waals surface area contributed by atoms with Gasteiger partial charge < -0.3 is 15.8 Å². The summed E-state index contributed by atoms with van der Waals surface area (Å²) in [4.78, 5) is 8.01. The number of pyridine rings is 1. The van der Waals surface area contributed by atoms with Gasteiger partial charge in [0.1, 0.15) is 0 Å². The second-order valence-corrected chi connectivity index (χ2v) is 5.28. The summed E-state index contributed by atoms with van der Waals surface area (Å²) in [6.07, 6.45) is -1.04. The maximum atomic E-state index is 12.0. The van der Waals surface area contributed by atoms with Crippen molar-refractivity contribution < 1.29 is 13.5 Å². The number of nitrogens with two attached hydrogens (primary N) is 1. The van der Waals surface area contributed by atoms with Crippen LogP contribution >= 0.6 is 0 Å². The van der Waals surface area contributed by atoms with Gasteiger partial charge in [0.05, 0.1) is 6.54 Å². The molecule has 0 aliphatic carbocycles. The number of aliphatic imine (C=N–C) groups is 1. The topological polar surface area (TPSA) is 72.5 Å². The van der Waals surface area contributed by atoms with Crippen molar-refractivity contribution in [3.05, 3.63) is 23.9 Å². The van der Waals surface area contributed by atoms with E-state index in [-0.39, 0.29) is 11.4 Å². The minimum absolute atomic E-state index is 0.153. The van der Waals surface area contributed by atoms with E-state index in [4.69, 9.17) is 10.5 Å². The summed E-state index contributed by atoms with van der Waals surface area (Å²) in [6.45, 7) is 5.56. The van der Waals surface area contributed by atoms with Crippen LogP contribution in [0.4, 0.5) is 8.78 Å². The molecule has 1 heterocycles. The maximum absolute atomic E-state index is 12.0. The molecule has 0 amide bonds. The molecule has 0 atom stereocenters. The SMILES string of the molecule is CC(C)(C)NC(N)=NCc1ccnc(OCC(F)F)c1. The van der Waals surface area contributed by atoms with Gasteiger partial charge in [-0.1, -0.05) is 0 Å². The van der Waals surface area contributed by atoms with Crippen molar-refractivity contribution in [3.8, 4) is 5.88 Å². The first kappa shape index (κ1) is 16.1. The van der Waals surface area contributed by atoms with Gasteiger partial charge in [-0.2, -0.15) is 0 Å². The van der Waals surface area contributed by atoms with Gasteiger partial charge in [-0.05, 0) is 32.4 Å². The first-order valence-corrected chi connectivity index (χ1v) is 6.20. The fraction of sp³-hybridized carbons (Fsp3) is 0.538. The first-order valence-electron chi connectivity index (χ1n) is 6.20. The van der Waals surface area contributed by atoms with Crippen molar-refractivity contribution in [2.75, 3.05) is 6.61 Å². The summed E-state index contributed by atoms with van der Waals surface area (Å²) in [7, 11) is 0. The molecule has 1 aromatic rings. The third-order valence-corrected chi connectivity index (χ3v) is 2.09. The minimum atomic E-state index is -2.52. The van der Waals surface area contributed by atoms with E-state index < -0.39 is 13.0 Å². The van der Waals surface area contributed by atoms with Crippen molar-refractivity contribution in [3.63, 3.8) is 0 Å². The molecule has 0 aromatic carbocycles. The molecule has 0 fully saturated rings. The van der Waals surface area contributed by atoms with Gasteiger partial charge in [-0.25, -0.2) is 18.8 Å². The molecule has 0 aliphatic rings. The van der Waals surface area contributed by atoms with Crippen LogP contribution in [0.2, 0.25) is 0 Å². The van der Waals surface area contributed by atoms with Crippen LogP contribution in [0.5, 0.6) is 5.88 Å². The van der Waals surface area contributed by atoms with Crippen molar-refractivity contribution in [1.29, 1.82) is 0 Å². The fourth-order valence-electron chi connectivity index (χ4n) is 1.38. The highest BCUT2D eigenvalue weighted by atomic mass is 19.3. The van der Waals surface area contributed by atoms with E-state index in [1.54, 1.807) is 12.1 Å². The predicted octanol–water partition coefficient (Wildman–Crippen LogP) is 1.93. The quantitative estimate of drug-likeness (QED) is 0.641. The van der Waals surface area contributed by atoms with E-state index in [1.807, 2.05) is 20.8 Å². The second kappa shape index (κ2) is 7.02. The lowest BCUT2D eigenvalue weighted by Gasteiger charge is -2.20. The zero-order valence-corrected chi connectivity index (χ0v) is 11.9. The zero-order chi connectivity index (χ0) is 15.2. The van der Waals surface area contributed by atoms with E-state index >= 15 is 0 Å². The van der Waals surface area contributed by atoms with Crippen LogP contribution in [0.1, 0.15) is 26.3 Å². The minimum Gasteiger partial charge on any atom is -0.472 e. The molecular formula is C13H20F2N4O. The van der Waals surface area contributed by atoms with Crippen LogP contribution in [0.3, 0.4) is 0 Å². The molecule has 1 rings (SSSR count). The van der Waals surface area contributed by atoms with Gasteiger partial charge in [-0.3, -0.25) is 0 Å². The van der Waals surface area contributed by atoms with E-state index in [1.165, 1.54) is 6.20 Å². The Kier molecular flexibility index (Phi) is 5.66. The van der Waals surface area contributed by atoms with Crippen LogP contribution in [-0.4, -0.2) is 29.5 Å². The zero-order valence-electron chi connectivity index (χ0n) is 11.9. The Balaban J connectivity index is 2.60. The number of nitrogens with one attached hydrogen (secondary N) is 1. The van der Waals surface area contributed by atoms with Crippen LogP contribution in [0.15, 0.2) is 23.3 Å². The molecular weight excluding hydrogens is 266 g/mol. The van der Waals surface area contributed by atoms with E-state index in [9.17, 15) is 8.78 Å². The Labute approximate surface area is 117 Å². The highest BCUT2D eigenvalue weighted by molar-refractivity contribution is 5.78. The molecule has 0 bridgehead atoms. The normalized spacial score (nSPS) is 12.6. The first-order chi connectivity index (χ1) is 9.26. The summed E-state index contributed by atoms with van der Waals surface area (Å²) in [5.74, 6) is 0.477. The fourth-order valence-corrected chi connectivity index (χ4v) is 1.38. The molecule has 3 N–H and O–H groups in total. The highest BCUT2D eigenvalue weighted by Gasteiger charge is 2.09. The summed E-state index contributed by atoms with van der Waals surface area (Å²) < 4.78 is 28.9. The second-order valence-electron chi connectivity index (χ2n) is 5.28. The summed E-state index contributed by atoms with van der Waals surface area (Å²) in [6, 6.07) is 3.29. The molecule has 0 spiro atoms. The average molecular weight is 286 g/mol. The number of halogens is 2. The molecule has 0 saturated carbocycles. The highest BCUT2D eigenvalue weighted by Crippen LogP contribution is 2.11. The van der Waals surface area contributed by atoms with E-state index in [2.05, 4.69) is 15.3 Å². The lowest BCUT2D eigenvalue weighted by molar-refractivity contribution is 0.0795. The molecule has 0 aliphatic heterocycles. The number of aromatic nitrogens is 1. The molecule has 20 heavy (non-hydrogen) atoms. The molecule has 0 saturated heterocycles. The summed E-state index contributed by atoms with van der Waals surface area (Å²) >= 11 is 0. The summed E-state index contributed by atoms with van der Waals surface area (Å²) in [5.41, 5.74) is 6.35. The Morgan fingerprint density at radius 3 is 2.80 bits per heavy atom. The Morgan fingerprint density at radius 1 is 1.50 bits per heavy atom. The smallest absolute Gasteiger partial charge is 0.272 e. The Bertz CT molecular complexity index is 458. The molecule has 0 radical (unpaired) electrons. The molecule has 5 nitrogen and oxygen atoms in total. The van der Waals surface area contributed by atoms with Gasteiger partial charge in [0.2, 0.25) is 5.88 Å². The number of hydrogen-bond donors (Lipinski definition) is 2.